The number of unbranched alkanes of at least 4 members (excludes halogenated alkanes) is 28. The maximum Gasteiger partial charge on any atom is -0.00979 e. The predicted molar refractivity (Wildman–Crippen MR) is 178 cm³/mol. The minimum absolute atomic E-state index is 1.07. The van der Waals surface area contributed by atoms with E-state index in [1.807, 2.05) is 0 Å². The highest BCUT2D eigenvalue weighted by molar-refractivity contribution is 7.80. The highest BCUT2D eigenvalue weighted by atomic mass is 32.1. The molecule has 0 atom stereocenters. The van der Waals surface area contributed by atoms with Crippen molar-refractivity contribution in [2.75, 3.05) is 11.5 Å². The zero-order valence-corrected chi connectivity index (χ0v) is 27.3. The molecule has 0 aromatic rings. The number of hydrogen-bond donors (Lipinski definition) is 2. The van der Waals surface area contributed by atoms with Gasteiger partial charge in [-0.15, -0.1) is 0 Å². The molecule has 0 aliphatic carbocycles. The van der Waals surface area contributed by atoms with Crippen molar-refractivity contribution < 1.29 is 0 Å². The molecule has 0 aliphatic rings. The third-order valence-electron chi connectivity index (χ3n) is 7.52. The van der Waals surface area contributed by atoms with Gasteiger partial charge in [-0.1, -0.05) is 194 Å². The van der Waals surface area contributed by atoms with Crippen molar-refractivity contribution in [3.63, 3.8) is 0 Å². The minimum Gasteiger partial charge on any atom is -0.179 e. The first-order valence-corrected chi connectivity index (χ1v) is 18.3. The summed E-state index contributed by atoms with van der Waals surface area (Å²) in [6, 6.07) is 0. The standard InChI is InChI=1S/C18H38S.C16H34S/c1-2-3-4-5-6-7-8-9-10-11-12-13-14-15-16-17-18-19;1-2-3-4-5-6-7-8-9-10-11-12-13-14-15-16-17/h19H,2-18H2,1H3;17H,2-16H2,1H3. The summed E-state index contributed by atoms with van der Waals surface area (Å²) in [5, 5.41) is 0. The second-order valence-corrected chi connectivity index (χ2v) is 12.2. The van der Waals surface area contributed by atoms with E-state index in [0.717, 1.165) is 11.5 Å². The van der Waals surface area contributed by atoms with Gasteiger partial charge in [0.15, 0.2) is 0 Å². The van der Waals surface area contributed by atoms with Gasteiger partial charge in [-0.2, -0.15) is 25.3 Å². The quantitative estimate of drug-likeness (QED) is 0.0652. The Morgan fingerprint density at radius 1 is 0.222 bits per heavy atom. The lowest BCUT2D eigenvalue weighted by Gasteiger charge is -2.03. The second kappa shape index (κ2) is 40.2. The fourth-order valence-corrected chi connectivity index (χ4v) is 5.41. The molecule has 0 saturated heterocycles. The van der Waals surface area contributed by atoms with Crippen LogP contribution in [0.1, 0.15) is 206 Å². The van der Waals surface area contributed by atoms with Crippen LogP contribution in [0.4, 0.5) is 0 Å². The summed E-state index contributed by atoms with van der Waals surface area (Å²) in [4.78, 5) is 0. The van der Waals surface area contributed by atoms with Gasteiger partial charge in [0, 0.05) is 0 Å². The predicted octanol–water partition coefficient (Wildman–Crippen LogP) is 13.6. The van der Waals surface area contributed by atoms with E-state index in [4.69, 9.17) is 0 Å². The normalized spacial score (nSPS) is 11.0. The van der Waals surface area contributed by atoms with Crippen LogP contribution in [-0.4, -0.2) is 11.5 Å². The summed E-state index contributed by atoms with van der Waals surface area (Å²) in [5.74, 6) is 2.14. The topological polar surface area (TPSA) is 0 Å². The number of hydrogen-bond acceptors (Lipinski definition) is 2. The number of thiol groups is 2. The van der Waals surface area contributed by atoms with E-state index in [9.17, 15) is 0 Å². The van der Waals surface area contributed by atoms with Crippen LogP contribution in [-0.2, 0) is 0 Å². The summed E-state index contributed by atoms with van der Waals surface area (Å²) in [6.07, 6.45) is 43.3. The molecule has 0 spiro atoms. The van der Waals surface area contributed by atoms with E-state index in [-0.39, 0.29) is 0 Å². The summed E-state index contributed by atoms with van der Waals surface area (Å²) in [5.41, 5.74) is 0. The van der Waals surface area contributed by atoms with Crippen LogP contribution in [0.5, 0.6) is 0 Å². The van der Waals surface area contributed by atoms with Crippen LogP contribution in [0.25, 0.3) is 0 Å². The van der Waals surface area contributed by atoms with Gasteiger partial charge in [0.2, 0.25) is 0 Å². The van der Waals surface area contributed by atoms with E-state index in [2.05, 4.69) is 39.1 Å². The van der Waals surface area contributed by atoms with Gasteiger partial charge in [0.1, 0.15) is 0 Å². The molecule has 220 valence electrons. The molecule has 36 heavy (non-hydrogen) atoms. The van der Waals surface area contributed by atoms with Crippen molar-refractivity contribution in [1.82, 2.24) is 0 Å². The second-order valence-electron chi connectivity index (χ2n) is 11.3. The van der Waals surface area contributed by atoms with Gasteiger partial charge in [0.05, 0.1) is 0 Å². The third-order valence-corrected chi connectivity index (χ3v) is 8.16. The molecule has 0 fully saturated rings. The Labute approximate surface area is 242 Å². The van der Waals surface area contributed by atoms with Gasteiger partial charge in [-0.3, -0.25) is 0 Å². The molecule has 2 heteroatoms. The average molecular weight is 545 g/mol. The monoisotopic (exact) mass is 545 g/mol. The lowest BCUT2D eigenvalue weighted by atomic mass is 10.0. The van der Waals surface area contributed by atoms with E-state index >= 15 is 0 Å². The smallest absolute Gasteiger partial charge is 0.00979 e. The Balaban J connectivity index is 0. The van der Waals surface area contributed by atoms with Crippen LogP contribution in [0, 0.1) is 0 Å². The number of rotatable bonds is 30. The summed E-state index contributed by atoms with van der Waals surface area (Å²) in [6.45, 7) is 4.58. The van der Waals surface area contributed by atoms with E-state index < -0.39 is 0 Å². The molecule has 0 radical (unpaired) electrons. The zero-order chi connectivity index (χ0) is 26.6. The van der Waals surface area contributed by atoms with Crippen LogP contribution in [0.2, 0.25) is 0 Å². The Morgan fingerprint density at radius 2 is 0.361 bits per heavy atom. The SMILES string of the molecule is CCCCCCCCCCCCCCCCCCS.CCCCCCCCCCCCCCCCS. The highest BCUT2D eigenvalue weighted by Crippen LogP contribution is 2.14. The van der Waals surface area contributed by atoms with Crippen LogP contribution in [0.15, 0.2) is 0 Å². The first-order chi connectivity index (χ1) is 17.8. The van der Waals surface area contributed by atoms with Crippen molar-refractivity contribution in [2.24, 2.45) is 0 Å². The molecule has 0 saturated carbocycles. The molecule has 0 unspecified atom stereocenters. The maximum absolute atomic E-state index is 4.24. The first kappa shape index (κ1) is 38.8. The molecule has 0 aromatic carbocycles. The van der Waals surface area contributed by atoms with Gasteiger partial charge < -0.3 is 0 Å². The lowest BCUT2D eigenvalue weighted by molar-refractivity contribution is 0.532. The Bertz CT molecular complexity index is 301. The van der Waals surface area contributed by atoms with Gasteiger partial charge in [-0.05, 0) is 24.3 Å². The molecule has 0 aliphatic heterocycles. The van der Waals surface area contributed by atoms with E-state index in [1.165, 1.54) is 193 Å². The zero-order valence-electron chi connectivity index (χ0n) is 25.5. The van der Waals surface area contributed by atoms with Gasteiger partial charge in [0.25, 0.3) is 0 Å². The minimum atomic E-state index is 1.07. The molecule has 0 N–H and O–H groups in total. The lowest BCUT2D eigenvalue weighted by Crippen LogP contribution is -1.83. The summed E-state index contributed by atoms with van der Waals surface area (Å²) >= 11 is 8.48. The maximum atomic E-state index is 4.24. The highest BCUT2D eigenvalue weighted by Gasteiger charge is 1.95. The van der Waals surface area contributed by atoms with E-state index in [1.54, 1.807) is 0 Å². The van der Waals surface area contributed by atoms with Crippen molar-refractivity contribution in [3.8, 4) is 0 Å². The van der Waals surface area contributed by atoms with Crippen molar-refractivity contribution in [1.29, 1.82) is 0 Å². The van der Waals surface area contributed by atoms with Gasteiger partial charge >= 0.3 is 0 Å². The van der Waals surface area contributed by atoms with Crippen molar-refractivity contribution in [2.45, 2.75) is 206 Å². The van der Waals surface area contributed by atoms with Crippen LogP contribution >= 0.6 is 25.3 Å². The molecule has 0 bridgehead atoms. The largest absolute Gasteiger partial charge is 0.179 e. The molecule has 0 amide bonds. The summed E-state index contributed by atoms with van der Waals surface area (Å²) in [7, 11) is 0. The Kier molecular flexibility index (Phi) is 43.4. The van der Waals surface area contributed by atoms with Crippen LogP contribution in [0.3, 0.4) is 0 Å². The molecule has 0 heterocycles. The molecule has 0 rings (SSSR count). The Morgan fingerprint density at radius 3 is 0.500 bits per heavy atom. The van der Waals surface area contributed by atoms with Crippen LogP contribution < -0.4 is 0 Å². The first-order valence-electron chi connectivity index (χ1n) is 17.0. The fourth-order valence-electron chi connectivity index (χ4n) is 4.97. The average Bonchev–Trinajstić information content (AvgIpc) is 2.89. The molecule has 0 nitrogen and oxygen atoms in total. The molecular formula is C34H72S2. The molecular weight excluding hydrogens is 473 g/mol. The third kappa shape index (κ3) is 41.8. The Hall–Kier alpha value is 0.700. The van der Waals surface area contributed by atoms with Crippen molar-refractivity contribution in [3.05, 3.63) is 0 Å². The fraction of sp³-hybridized carbons (Fsp3) is 1.00. The van der Waals surface area contributed by atoms with Gasteiger partial charge in [-0.25, -0.2) is 0 Å². The van der Waals surface area contributed by atoms with E-state index in [0.29, 0.717) is 0 Å². The van der Waals surface area contributed by atoms with Crippen molar-refractivity contribution >= 4 is 25.3 Å². The molecule has 0 aromatic heterocycles. The summed E-state index contributed by atoms with van der Waals surface area (Å²) < 4.78 is 0.